The lowest BCUT2D eigenvalue weighted by molar-refractivity contribution is 0.0304. The molecule has 2 saturated heterocycles. The fourth-order valence-corrected chi connectivity index (χ4v) is 3.74. The molecule has 146 valence electrons. The van der Waals surface area contributed by atoms with Crippen LogP contribution in [0.2, 0.25) is 0 Å². The normalized spacial score (nSPS) is 18.0. The van der Waals surface area contributed by atoms with Gasteiger partial charge in [-0.05, 0) is 12.1 Å². The van der Waals surface area contributed by atoms with Crippen LogP contribution in [0.1, 0.15) is 10.4 Å². The standard InChI is InChI=1S/C19H22N6O3/c26-19(24-7-11-28-12-8-24)15-13-17(23-5-9-27-10-6-23)21-18-14(15)2-4-25(18)16-1-3-20-22-16/h1-4,13H,5-12H2,(H,20,22). The number of H-pyrrole nitrogens is 1. The summed E-state index contributed by atoms with van der Waals surface area (Å²) in [6, 6.07) is 5.74. The Bertz CT molecular complexity index is 971. The van der Waals surface area contributed by atoms with Crippen molar-refractivity contribution in [3.63, 3.8) is 0 Å². The van der Waals surface area contributed by atoms with E-state index in [1.54, 1.807) is 6.20 Å². The lowest BCUT2D eigenvalue weighted by atomic mass is 10.1. The zero-order chi connectivity index (χ0) is 18.9. The van der Waals surface area contributed by atoms with Gasteiger partial charge in [0.15, 0.2) is 0 Å². The number of nitrogens with zero attached hydrogens (tertiary/aromatic N) is 5. The highest BCUT2D eigenvalue weighted by molar-refractivity contribution is 6.07. The summed E-state index contributed by atoms with van der Waals surface area (Å²) in [7, 11) is 0. The fourth-order valence-electron chi connectivity index (χ4n) is 3.74. The van der Waals surface area contributed by atoms with Crippen LogP contribution in [-0.4, -0.2) is 83.2 Å². The van der Waals surface area contributed by atoms with Crippen LogP contribution in [0.15, 0.2) is 30.6 Å². The molecule has 0 unspecified atom stereocenters. The van der Waals surface area contributed by atoms with E-state index in [2.05, 4.69) is 15.1 Å². The second-order valence-electron chi connectivity index (χ2n) is 6.90. The van der Waals surface area contributed by atoms with Gasteiger partial charge in [0.1, 0.15) is 17.3 Å². The average Bonchev–Trinajstić information content (AvgIpc) is 3.43. The Kier molecular flexibility index (Phi) is 4.46. The monoisotopic (exact) mass is 382 g/mol. The molecule has 0 aromatic carbocycles. The molecule has 0 spiro atoms. The number of rotatable bonds is 3. The Hall–Kier alpha value is -2.91. The SMILES string of the molecule is O=C(c1cc(N2CCOCC2)nc2c1ccn2-c1ccn[nH]1)N1CCOCC1. The molecule has 9 heteroatoms. The molecule has 3 aromatic heterocycles. The van der Waals surface area contributed by atoms with Gasteiger partial charge in [0, 0.05) is 43.8 Å². The predicted octanol–water partition coefficient (Wildman–Crippen LogP) is 1.06. The molecular weight excluding hydrogens is 360 g/mol. The minimum Gasteiger partial charge on any atom is -0.378 e. The zero-order valence-corrected chi connectivity index (χ0v) is 15.5. The van der Waals surface area contributed by atoms with Crippen molar-refractivity contribution in [3.8, 4) is 5.82 Å². The number of carbonyl (C=O) groups excluding carboxylic acids is 1. The summed E-state index contributed by atoms with van der Waals surface area (Å²) in [5, 5.41) is 7.85. The summed E-state index contributed by atoms with van der Waals surface area (Å²) in [5.74, 6) is 1.63. The van der Waals surface area contributed by atoms with Gasteiger partial charge in [-0.2, -0.15) is 5.10 Å². The number of hydrogen-bond donors (Lipinski definition) is 1. The smallest absolute Gasteiger partial charge is 0.254 e. The number of amides is 1. The van der Waals surface area contributed by atoms with Crippen molar-refractivity contribution in [3.05, 3.63) is 36.2 Å². The summed E-state index contributed by atoms with van der Waals surface area (Å²) >= 11 is 0. The Balaban J connectivity index is 1.63. The van der Waals surface area contributed by atoms with Crippen LogP contribution >= 0.6 is 0 Å². The molecule has 0 radical (unpaired) electrons. The average molecular weight is 382 g/mol. The summed E-state index contributed by atoms with van der Waals surface area (Å²) in [6.07, 6.45) is 3.62. The lowest BCUT2D eigenvalue weighted by Gasteiger charge is -2.30. The van der Waals surface area contributed by atoms with E-state index in [0.717, 1.165) is 35.8 Å². The fraction of sp³-hybridized carbons (Fsp3) is 0.421. The van der Waals surface area contributed by atoms with E-state index in [4.69, 9.17) is 14.5 Å². The molecule has 3 aromatic rings. The number of nitrogens with one attached hydrogen (secondary N) is 1. The van der Waals surface area contributed by atoms with E-state index in [1.807, 2.05) is 33.9 Å². The van der Waals surface area contributed by atoms with Gasteiger partial charge in [-0.1, -0.05) is 0 Å². The highest BCUT2D eigenvalue weighted by Gasteiger charge is 2.25. The molecule has 2 aliphatic rings. The highest BCUT2D eigenvalue weighted by atomic mass is 16.5. The molecule has 2 fully saturated rings. The molecule has 5 rings (SSSR count). The molecule has 0 aliphatic carbocycles. The summed E-state index contributed by atoms with van der Waals surface area (Å²) in [6.45, 7) is 5.20. The minimum absolute atomic E-state index is 0.0209. The maximum Gasteiger partial charge on any atom is 0.254 e. The Morgan fingerprint density at radius 1 is 1.04 bits per heavy atom. The summed E-state index contributed by atoms with van der Waals surface area (Å²) in [4.78, 5) is 22.2. The number of anilines is 1. The molecule has 0 atom stereocenters. The first kappa shape index (κ1) is 17.2. The van der Waals surface area contributed by atoms with Crippen LogP contribution in [0, 0.1) is 0 Å². The van der Waals surface area contributed by atoms with Crippen molar-refractivity contribution in [2.45, 2.75) is 0 Å². The second kappa shape index (κ2) is 7.25. The van der Waals surface area contributed by atoms with Crippen LogP contribution in [0.25, 0.3) is 16.9 Å². The molecule has 5 heterocycles. The van der Waals surface area contributed by atoms with Crippen LogP contribution in [0.4, 0.5) is 5.82 Å². The van der Waals surface area contributed by atoms with Gasteiger partial charge in [-0.3, -0.25) is 14.5 Å². The van der Waals surface area contributed by atoms with Crippen molar-refractivity contribution >= 4 is 22.8 Å². The van der Waals surface area contributed by atoms with Crippen molar-refractivity contribution in [1.29, 1.82) is 0 Å². The molecule has 0 bridgehead atoms. The molecular formula is C19H22N6O3. The number of hydrogen-bond acceptors (Lipinski definition) is 6. The Morgan fingerprint density at radius 3 is 2.50 bits per heavy atom. The molecule has 0 saturated carbocycles. The summed E-state index contributed by atoms with van der Waals surface area (Å²) < 4.78 is 12.8. The van der Waals surface area contributed by atoms with Gasteiger partial charge in [-0.15, -0.1) is 0 Å². The predicted molar refractivity (Wildman–Crippen MR) is 103 cm³/mol. The largest absolute Gasteiger partial charge is 0.378 e. The van der Waals surface area contributed by atoms with E-state index in [9.17, 15) is 4.79 Å². The van der Waals surface area contributed by atoms with Gasteiger partial charge in [0.05, 0.1) is 38.2 Å². The first-order valence-electron chi connectivity index (χ1n) is 9.53. The van der Waals surface area contributed by atoms with E-state index in [0.29, 0.717) is 45.1 Å². The van der Waals surface area contributed by atoms with Crippen molar-refractivity contribution in [1.82, 2.24) is 24.6 Å². The first-order valence-corrected chi connectivity index (χ1v) is 9.53. The van der Waals surface area contributed by atoms with Crippen molar-refractivity contribution in [2.75, 3.05) is 57.5 Å². The van der Waals surface area contributed by atoms with E-state index in [1.165, 1.54) is 0 Å². The molecule has 1 N–H and O–H groups in total. The zero-order valence-electron chi connectivity index (χ0n) is 15.5. The van der Waals surface area contributed by atoms with Gasteiger partial charge >= 0.3 is 0 Å². The first-order chi connectivity index (χ1) is 13.8. The quantitative estimate of drug-likeness (QED) is 0.729. The van der Waals surface area contributed by atoms with Crippen LogP contribution in [0.5, 0.6) is 0 Å². The van der Waals surface area contributed by atoms with Gasteiger partial charge in [0.2, 0.25) is 0 Å². The van der Waals surface area contributed by atoms with E-state index >= 15 is 0 Å². The maximum absolute atomic E-state index is 13.3. The topological polar surface area (TPSA) is 88.5 Å². The van der Waals surface area contributed by atoms with Gasteiger partial charge in [-0.25, -0.2) is 4.98 Å². The van der Waals surface area contributed by atoms with Crippen molar-refractivity contribution < 1.29 is 14.3 Å². The third kappa shape index (κ3) is 3.02. The minimum atomic E-state index is 0.0209. The van der Waals surface area contributed by atoms with Crippen molar-refractivity contribution in [2.24, 2.45) is 0 Å². The van der Waals surface area contributed by atoms with E-state index in [-0.39, 0.29) is 5.91 Å². The number of ether oxygens (including phenoxy) is 2. The molecule has 2 aliphatic heterocycles. The van der Waals surface area contributed by atoms with Crippen LogP contribution in [-0.2, 0) is 9.47 Å². The number of fused-ring (bicyclic) bond motifs is 1. The molecule has 28 heavy (non-hydrogen) atoms. The number of carbonyl (C=O) groups is 1. The summed E-state index contributed by atoms with van der Waals surface area (Å²) in [5.41, 5.74) is 1.41. The lowest BCUT2D eigenvalue weighted by Crippen LogP contribution is -2.41. The van der Waals surface area contributed by atoms with Crippen LogP contribution in [0.3, 0.4) is 0 Å². The van der Waals surface area contributed by atoms with Crippen LogP contribution < -0.4 is 4.90 Å². The van der Waals surface area contributed by atoms with E-state index < -0.39 is 0 Å². The number of aromatic amines is 1. The van der Waals surface area contributed by atoms with Gasteiger partial charge in [0.25, 0.3) is 5.91 Å². The highest BCUT2D eigenvalue weighted by Crippen LogP contribution is 2.27. The molecule has 1 amide bonds. The molecule has 9 nitrogen and oxygen atoms in total. The Labute approximate surface area is 161 Å². The van der Waals surface area contributed by atoms with Gasteiger partial charge < -0.3 is 19.3 Å². The third-order valence-corrected chi connectivity index (χ3v) is 5.25. The second-order valence-corrected chi connectivity index (χ2v) is 6.90. The maximum atomic E-state index is 13.3. The number of morpholine rings is 2. The third-order valence-electron chi connectivity index (χ3n) is 5.25. The Morgan fingerprint density at radius 2 is 1.79 bits per heavy atom. The number of aromatic nitrogens is 4. The number of pyridine rings is 1.